The summed E-state index contributed by atoms with van der Waals surface area (Å²) in [5.41, 5.74) is 7.11. The summed E-state index contributed by atoms with van der Waals surface area (Å²) in [5, 5.41) is 1.37. The van der Waals surface area contributed by atoms with Crippen molar-refractivity contribution in [2.75, 3.05) is 19.6 Å². The van der Waals surface area contributed by atoms with Crippen LogP contribution >= 0.6 is 23.2 Å². The van der Waals surface area contributed by atoms with Gasteiger partial charge < -0.3 is 5.73 Å². The van der Waals surface area contributed by atoms with Crippen LogP contribution in [0.15, 0.2) is 18.2 Å². The van der Waals surface area contributed by atoms with Crippen LogP contribution < -0.4 is 5.73 Å². The van der Waals surface area contributed by atoms with Crippen LogP contribution in [-0.2, 0) is 0 Å². The van der Waals surface area contributed by atoms with E-state index in [-0.39, 0.29) is 6.04 Å². The topological polar surface area (TPSA) is 29.3 Å². The Hall–Kier alpha value is -0.280. The van der Waals surface area contributed by atoms with Gasteiger partial charge >= 0.3 is 0 Å². The molecule has 1 aromatic rings. The zero-order valence-electron chi connectivity index (χ0n) is 11.4. The minimum absolute atomic E-state index is 0.231. The quantitative estimate of drug-likeness (QED) is 0.906. The molecule has 2 rings (SSSR count). The van der Waals surface area contributed by atoms with E-state index in [4.69, 9.17) is 28.9 Å². The number of rotatable bonds is 4. The molecule has 2 N–H and O–H groups in total. The van der Waals surface area contributed by atoms with Crippen LogP contribution in [0.2, 0.25) is 10.0 Å². The first-order chi connectivity index (χ1) is 9.13. The van der Waals surface area contributed by atoms with Gasteiger partial charge in [0.25, 0.3) is 0 Å². The summed E-state index contributed by atoms with van der Waals surface area (Å²) in [5.74, 6) is 0.873. The molecule has 19 heavy (non-hydrogen) atoms. The lowest BCUT2D eigenvalue weighted by atomic mass is 9.92. The second-order valence-corrected chi connectivity index (χ2v) is 6.21. The van der Waals surface area contributed by atoms with E-state index in [0.717, 1.165) is 24.6 Å². The summed E-state index contributed by atoms with van der Waals surface area (Å²) in [4.78, 5) is 2.47. The number of halogens is 2. The van der Waals surface area contributed by atoms with Crippen molar-refractivity contribution in [1.29, 1.82) is 0 Å². The van der Waals surface area contributed by atoms with Crippen molar-refractivity contribution in [3.8, 4) is 0 Å². The lowest BCUT2D eigenvalue weighted by Crippen LogP contribution is -2.39. The lowest BCUT2D eigenvalue weighted by Gasteiger charge is -2.37. The van der Waals surface area contributed by atoms with Crippen LogP contribution in [0.1, 0.15) is 37.8 Å². The molecule has 0 aromatic heterocycles. The second kappa shape index (κ2) is 6.94. The van der Waals surface area contributed by atoms with Crippen LogP contribution in [0, 0.1) is 5.92 Å². The number of nitrogens with two attached hydrogens (primary N) is 1. The van der Waals surface area contributed by atoms with Gasteiger partial charge in [-0.25, -0.2) is 0 Å². The molecule has 1 aliphatic rings. The van der Waals surface area contributed by atoms with Crippen LogP contribution in [0.25, 0.3) is 0 Å². The largest absolute Gasteiger partial charge is 0.329 e. The number of piperidine rings is 1. The van der Waals surface area contributed by atoms with Crippen LogP contribution in [0.5, 0.6) is 0 Å². The first kappa shape index (κ1) is 15.1. The van der Waals surface area contributed by atoms with Crippen molar-refractivity contribution in [1.82, 2.24) is 4.90 Å². The Bertz CT molecular complexity index is 394. The van der Waals surface area contributed by atoms with Crippen molar-refractivity contribution in [3.05, 3.63) is 33.8 Å². The van der Waals surface area contributed by atoms with E-state index in [1.807, 2.05) is 12.1 Å². The molecule has 106 valence electrons. The van der Waals surface area contributed by atoms with Crippen LogP contribution in [-0.4, -0.2) is 24.5 Å². The molecule has 1 unspecified atom stereocenters. The predicted octanol–water partition coefficient (Wildman–Crippen LogP) is 4.12. The standard InChI is InChI=1S/C15H22Cl2N2/c1-2-11-3-5-19(6-4-11)15(10-18)12-7-13(16)9-14(17)8-12/h7-9,11,15H,2-6,10,18H2,1H3. The Kier molecular flexibility index (Phi) is 5.52. The maximum absolute atomic E-state index is 6.09. The van der Waals surface area contributed by atoms with E-state index in [1.165, 1.54) is 19.3 Å². The molecule has 1 fully saturated rings. The lowest BCUT2D eigenvalue weighted by molar-refractivity contribution is 0.134. The van der Waals surface area contributed by atoms with E-state index >= 15 is 0 Å². The molecule has 1 saturated heterocycles. The molecule has 1 atom stereocenters. The minimum Gasteiger partial charge on any atom is -0.329 e. The molecule has 0 aliphatic carbocycles. The summed E-state index contributed by atoms with van der Waals surface area (Å²) in [6, 6.07) is 5.96. The highest BCUT2D eigenvalue weighted by atomic mass is 35.5. The molecule has 0 spiro atoms. The second-order valence-electron chi connectivity index (χ2n) is 5.34. The number of likely N-dealkylation sites (tertiary alicyclic amines) is 1. The number of hydrogen-bond acceptors (Lipinski definition) is 2. The van der Waals surface area contributed by atoms with E-state index in [9.17, 15) is 0 Å². The predicted molar refractivity (Wildman–Crippen MR) is 82.8 cm³/mol. The van der Waals surface area contributed by atoms with Crippen molar-refractivity contribution in [2.24, 2.45) is 11.7 Å². The van der Waals surface area contributed by atoms with Gasteiger partial charge in [-0.3, -0.25) is 4.90 Å². The highest BCUT2D eigenvalue weighted by Crippen LogP contribution is 2.30. The average molecular weight is 301 g/mol. The first-order valence-electron chi connectivity index (χ1n) is 7.04. The highest BCUT2D eigenvalue weighted by molar-refractivity contribution is 6.34. The van der Waals surface area contributed by atoms with Gasteiger partial charge in [0.15, 0.2) is 0 Å². The zero-order valence-corrected chi connectivity index (χ0v) is 12.9. The zero-order chi connectivity index (χ0) is 13.8. The monoisotopic (exact) mass is 300 g/mol. The summed E-state index contributed by atoms with van der Waals surface area (Å²) in [6.07, 6.45) is 3.81. The number of benzene rings is 1. The van der Waals surface area contributed by atoms with Gasteiger partial charge in [0.05, 0.1) is 0 Å². The van der Waals surface area contributed by atoms with E-state index in [1.54, 1.807) is 6.07 Å². The minimum atomic E-state index is 0.231. The highest BCUT2D eigenvalue weighted by Gasteiger charge is 2.24. The van der Waals surface area contributed by atoms with Gasteiger partial charge in [0.1, 0.15) is 0 Å². The molecule has 0 radical (unpaired) electrons. The van der Waals surface area contributed by atoms with E-state index in [0.29, 0.717) is 16.6 Å². The normalized spacial score (nSPS) is 19.6. The number of nitrogens with zero attached hydrogens (tertiary/aromatic N) is 1. The van der Waals surface area contributed by atoms with E-state index < -0.39 is 0 Å². The van der Waals surface area contributed by atoms with Gasteiger partial charge in [0, 0.05) is 22.6 Å². The molecule has 2 nitrogen and oxygen atoms in total. The SMILES string of the molecule is CCC1CCN(C(CN)c2cc(Cl)cc(Cl)c2)CC1. The third-order valence-electron chi connectivity index (χ3n) is 4.16. The Morgan fingerprint density at radius 1 is 1.21 bits per heavy atom. The summed E-state index contributed by atoms with van der Waals surface area (Å²) in [6.45, 7) is 5.11. The maximum Gasteiger partial charge on any atom is 0.0471 e. The fourth-order valence-corrected chi connectivity index (χ4v) is 3.48. The van der Waals surface area contributed by atoms with Crippen molar-refractivity contribution in [2.45, 2.75) is 32.2 Å². The Morgan fingerprint density at radius 3 is 2.26 bits per heavy atom. The molecular weight excluding hydrogens is 279 g/mol. The molecule has 1 heterocycles. The van der Waals surface area contributed by atoms with Gasteiger partial charge in [-0.1, -0.05) is 36.5 Å². The molecule has 4 heteroatoms. The van der Waals surface area contributed by atoms with Gasteiger partial charge in [0.2, 0.25) is 0 Å². The fraction of sp³-hybridized carbons (Fsp3) is 0.600. The number of hydrogen-bond donors (Lipinski definition) is 1. The molecule has 0 saturated carbocycles. The molecule has 0 bridgehead atoms. The third kappa shape index (κ3) is 3.85. The maximum atomic E-state index is 6.09. The smallest absolute Gasteiger partial charge is 0.0471 e. The molecule has 0 amide bonds. The third-order valence-corrected chi connectivity index (χ3v) is 4.60. The van der Waals surface area contributed by atoms with Crippen LogP contribution in [0.4, 0.5) is 0 Å². The average Bonchev–Trinajstić information content (AvgIpc) is 2.39. The Balaban J connectivity index is 2.11. The summed E-state index contributed by atoms with van der Waals surface area (Å²) in [7, 11) is 0. The first-order valence-corrected chi connectivity index (χ1v) is 7.79. The van der Waals surface area contributed by atoms with Crippen molar-refractivity contribution in [3.63, 3.8) is 0 Å². The van der Waals surface area contributed by atoms with Crippen LogP contribution in [0.3, 0.4) is 0 Å². The summed E-state index contributed by atoms with van der Waals surface area (Å²) < 4.78 is 0. The Labute approximate surface area is 125 Å². The molecule has 1 aromatic carbocycles. The van der Waals surface area contributed by atoms with Gasteiger partial charge in [-0.2, -0.15) is 0 Å². The van der Waals surface area contributed by atoms with Gasteiger partial charge in [-0.15, -0.1) is 0 Å². The molecule has 1 aliphatic heterocycles. The van der Waals surface area contributed by atoms with Crippen molar-refractivity contribution < 1.29 is 0 Å². The van der Waals surface area contributed by atoms with Gasteiger partial charge in [-0.05, 0) is 55.6 Å². The molecular formula is C15H22Cl2N2. The summed E-state index contributed by atoms with van der Waals surface area (Å²) >= 11 is 12.2. The van der Waals surface area contributed by atoms with E-state index in [2.05, 4.69) is 11.8 Å². The van der Waals surface area contributed by atoms with Crippen molar-refractivity contribution >= 4 is 23.2 Å². The Morgan fingerprint density at radius 2 is 1.79 bits per heavy atom. The fourth-order valence-electron chi connectivity index (χ4n) is 2.94.